The lowest BCUT2D eigenvalue weighted by atomic mass is 10.1. The molecule has 1 aromatic heterocycles. The van der Waals surface area contributed by atoms with Gasteiger partial charge in [0.1, 0.15) is 12.6 Å². The zero-order valence-corrected chi connectivity index (χ0v) is 16.8. The Morgan fingerprint density at radius 2 is 1.85 bits per heavy atom. The van der Waals surface area contributed by atoms with E-state index >= 15 is 0 Å². The monoisotopic (exact) mass is 428 g/mol. The van der Waals surface area contributed by atoms with Gasteiger partial charge in [-0.05, 0) is 23.6 Å². The molecule has 0 aliphatic rings. The molecule has 2 aromatic carbocycles. The van der Waals surface area contributed by atoms with E-state index in [1.165, 1.54) is 0 Å². The molecule has 6 heteroatoms. The predicted molar refractivity (Wildman–Crippen MR) is 107 cm³/mol. The van der Waals surface area contributed by atoms with Crippen LogP contribution in [0.4, 0.5) is 4.79 Å². The minimum absolute atomic E-state index is 0.0886. The summed E-state index contributed by atoms with van der Waals surface area (Å²) in [5, 5.41) is 2.85. The van der Waals surface area contributed by atoms with Gasteiger partial charge in [0.05, 0.1) is 6.20 Å². The van der Waals surface area contributed by atoms with Crippen molar-refractivity contribution in [2.75, 3.05) is 0 Å². The third-order valence-corrected chi connectivity index (χ3v) is 4.60. The number of aromatic nitrogens is 1. The van der Waals surface area contributed by atoms with E-state index in [1.807, 2.05) is 68.4 Å². The number of benzene rings is 2. The highest BCUT2D eigenvalue weighted by molar-refractivity contribution is 9.10. The summed E-state index contributed by atoms with van der Waals surface area (Å²) in [4.78, 5) is 16.6. The average Bonchev–Trinajstić information content (AvgIpc) is 3.15. The number of carbonyl (C=O) groups is 1. The average molecular weight is 429 g/mol. The van der Waals surface area contributed by atoms with Gasteiger partial charge in [0.2, 0.25) is 5.89 Å². The standard InChI is InChI=1S/C21H21BrN2O3/c1-14(2)19(24-21(25)26-13-15-6-4-3-5-7-15)20-23-12-18(27-20)16-8-10-17(22)11-9-16/h3-12,14,19H,13H2,1-2H3,(H,24,25)/t19-/m0/s1. The van der Waals surface area contributed by atoms with E-state index in [-0.39, 0.29) is 18.6 Å². The second-order valence-electron chi connectivity index (χ2n) is 6.50. The highest BCUT2D eigenvalue weighted by Gasteiger charge is 2.24. The highest BCUT2D eigenvalue weighted by atomic mass is 79.9. The van der Waals surface area contributed by atoms with Crippen LogP contribution in [0, 0.1) is 5.92 Å². The van der Waals surface area contributed by atoms with E-state index in [4.69, 9.17) is 9.15 Å². The molecule has 1 amide bonds. The molecule has 0 bridgehead atoms. The molecular weight excluding hydrogens is 408 g/mol. The summed E-state index contributed by atoms with van der Waals surface area (Å²) in [5.41, 5.74) is 1.86. The first kappa shape index (κ1) is 19.2. The van der Waals surface area contributed by atoms with Crippen LogP contribution in [0.1, 0.15) is 31.3 Å². The van der Waals surface area contributed by atoms with Crippen LogP contribution in [0.2, 0.25) is 0 Å². The number of oxazole rings is 1. The van der Waals surface area contributed by atoms with Gasteiger partial charge in [0.15, 0.2) is 5.76 Å². The fourth-order valence-electron chi connectivity index (χ4n) is 2.58. The molecule has 0 fully saturated rings. The van der Waals surface area contributed by atoms with Crippen molar-refractivity contribution < 1.29 is 13.9 Å². The number of rotatable bonds is 6. The lowest BCUT2D eigenvalue weighted by Gasteiger charge is -2.19. The zero-order valence-electron chi connectivity index (χ0n) is 15.2. The van der Waals surface area contributed by atoms with Gasteiger partial charge in [-0.3, -0.25) is 0 Å². The van der Waals surface area contributed by atoms with Crippen molar-refractivity contribution >= 4 is 22.0 Å². The van der Waals surface area contributed by atoms with E-state index in [1.54, 1.807) is 6.20 Å². The normalized spacial score (nSPS) is 12.0. The van der Waals surface area contributed by atoms with Crippen LogP contribution in [0.25, 0.3) is 11.3 Å². The third-order valence-electron chi connectivity index (χ3n) is 4.07. The van der Waals surface area contributed by atoms with Crippen LogP contribution in [0.3, 0.4) is 0 Å². The van der Waals surface area contributed by atoms with Crippen molar-refractivity contribution in [3.05, 3.63) is 76.7 Å². The lowest BCUT2D eigenvalue weighted by Crippen LogP contribution is -2.32. The molecule has 1 atom stereocenters. The summed E-state index contributed by atoms with van der Waals surface area (Å²) in [6.45, 7) is 4.20. The Labute approximate surface area is 166 Å². The van der Waals surface area contributed by atoms with E-state index in [9.17, 15) is 4.79 Å². The Bertz CT molecular complexity index is 876. The van der Waals surface area contributed by atoms with Crippen molar-refractivity contribution in [3.63, 3.8) is 0 Å². The first-order valence-electron chi connectivity index (χ1n) is 8.72. The number of carbonyl (C=O) groups excluding carboxylic acids is 1. The molecule has 1 N–H and O–H groups in total. The topological polar surface area (TPSA) is 64.4 Å². The fraction of sp³-hybridized carbons (Fsp3) is 0.238. The number of hydrogen-bond donors (Lipinski definition) is 1. The maximum Gasteiger partial charge on any atom is 0.408 e. The molecule has 0 saturated carbocycles. The third kappa shape index (κ3) is 5.20. The predicted octanol–water partition coefficient (Wildman–Crippen LogP) is 5.73. The Hall–Kier alpha value is -2.60. The Kier molecular flexibility index (Phi) is 6.29. The molecule has 0 unspecified atom stereocenters. The molecule has 0 aliphatic heterocycles. The van der Waals surface area contributed by atoms with Gasteiger partial charge in [0.25, 0.3) is 0 Å². The van der Waals surface area contributed by atoms with E-state index in [0.717, 1.165) is 15.6 Å². The minimum atomic E-state index is -0.499. The van der Waals surface area contributed by atoms with Gasteiger partial charge in [-0.25, -0.2) is 9.78 Å². The molecule has 1 heterocycles. The minimum Gasteiger partial charge on any atom is -0.445 e. The molecule has 0 aliphatic carbocycles. The van der Waals surface area contributed by atoms with Crippen molar-refractivity contribution in [1.29, 1.82) is 0 Å². The molecule has 3 rings (SSSR count). The fourth-order valence-corrected chi connectivity index (χ4v) is 2.85. The van der Waals surface area contributed by atoms with Gasteiger partial charge in [0, 0.05) is 10.0 Å². The number of ether oxygens (including phenoxy) is 1. The molecule has 3 aromatic rings. The van der Waals surface area contributed by atoms with E-state index in [2.05, 4.69) is 26.2 Å². The zero-order chi connectivity index (χ0) is 19.2. The first-order valence-corrected chi connectivity index (χ1v) is 9.51. The highest BCUT2D eigenvalue weighted by Crippen LogP contribution is 2.27. The van der Waals surface area contributed by atoms with Crippen molar-refractivity contribution in [3.8, 4) is 11.3 Å². The van der Waals surface area contributed by atoms with Crippen LogP contribution >= 0.6 is 15.9 Å². The number of nitrogens with one attached hydrogen (secondary N) is 1. The SMILES string of the molecule is CC(C)[C@H](NC(=O)OCc1ccccc1)c1ncc(-c2ccc(Br)cc2)o1. The van der Waals surface area contributed by atoms with Gasteiger partial charge in [-0.2, -0.15) is 0 Å². The van der Waals surface area contributed by atoms with E-state index in [0.29, 0.717) is 11.7 Å². The Balaban J connectivity index is 1.66. The smallest absolute Gasteiger partial charge is 0.408 e. The second kappa shape index (κ2) is 8.86. The molecule has 0 radical (unpaired) electrons. The summed E-state index contributed by atoms with van der Waals surface area (Å²) in [7, 11) is 0. The van der Waals surface area contributed by atoms with Crippen LogP contribution in [0.5, 0.6) is 0 Å². The Morgan fingerprint density at radius 3 is 2.52 bits per heavy atom. The summed E-state index contributed by atoms with van der Waals surface area (Å²) in [6, 6.07) is 16.9. The maximum atomic E-state index is 12.2. The number of nitrogens with zero attached hydrogens (tertiary/aromatic N) is 1. The van der Waals surface area contributed by atoms with E-state index < -0.39 is 6.09 Å². The van der Waals surface area contributed by atoms with Crippen LogP contribution in [-0.2, 0) is 11.3 Å². The first-order chi connectivity index (χ1) is 13.0. The molecule has 27 heavy (non-hydrogen) atoms. The molecule has 0 saturated heterocycles. The van der Waals surface area contributed by atoms with Gasteiger partial charge in [-0.15, -0.1) is 0 Å². The van der Waals surface area contributed by atoms with Gasteiger partial charge in [-0.1, -0.05) is 72.2 Å². The van der Waals surface area contributed by atoms with Crippen LogP contribution < -0.4 is 5.32 Å². The Morgan fingerprint density at radius 1 is 1.15 bits per heavy atom. The molecule has 0 spiro atoms. The number of halogens is 1. The summed E-state index contributed by atoms with van der Waals surface area (Å²) in [6.07, 6.45) is 1.17. The molecular formula is C21H21BrN2O3. The number of amides is 1. The largest absolute Gasteiger partial charge is 0.445 e. The quantitative estimate of drug-likeness (QED) is 0.544. The van der Waals surface area contributed by atoms with Crippen molar-refractivity contribution in [2.24, 2.45) is 5.92 Å². The summed E-state index contributed by atoms with van der Waals surface area (Å²) >= 11 is 3.42. The van der Waals surface area contributed by atoms with Crippen LogP contribution in [0.15, 0.2) is 69.7 Å². The van der Waals surface area contributed by atoms with Gasteiger partial charge < -0.3 is 14.5 Å². The van der Waals surface area contributed by atoms with Crippen molar-refractivity contribution in [2.45, 2.75) is 26.5 Å². The number of alkyl carbamates (subject to hydrolysis) is 1. The summed E-state index contributed by atoms with van der Waals surface area (Å²) in [5.74, 6) is 1.20. The maximum absolute atomic E-state index is 12.2. The molecule has 140 valence electrons. The van der Waals surface area contributed by atoms with Crippen LogP contribution in [-0.4, -0.2) is 11.1 Å². The van der Waals surface area contributed by atoms with Crippen molar-refractivity contribution in [1.82, 2.24) is 10.3 Å². The number of hydrogen-bond acceptors (Lipinski definition) is 4. The lowest BCUT2D eigenvalue weighted by molar-refractivity contribution is 0.130. The van der Waals surface area contributed by atoms with Gasteiger partial charge >= 0.3 is 6.09 Å². The second-order valence-corrected chi connectivity index (χ2v) is 7.41. The summed E-state index contributed by atoms with van der Waals surface area (Å²) < 4.78 is 12.2. The molecule has 5 nitrogen and oxygen atoms in total.